The minimum Gasteiger partial charge on any atom is -0.484 e. The number of carbonyl (C=O) groups excluding carboxylic acids is 3. The van der Waals surface area contributed by atoms with Crippen LogP contribution >= 0.6 is 0 Å². The van der Waals surface area contributed by atoms with Crippen LogP contribution in [0.1, 0.15) is 22.8 Å². The van der Waals surface area contributed by atoms with Crippen molar-refractivity contribution in [1.29, 1.82) is 0 Å². The van der Waals surface area contributed by atoms with Crippen LogP contribution in [0.4, 0.5) is 17.1 Å². The van der Waals surface area contributed by atoms with E-state index in [-0.39, 0.29) is 24.3 Å². The third kappa shape index (κ3) is 6.18. The molecule has 0 aliphatic rings. The highest BCUT2D eigenvalue weighted by atomic mass is 16.5. The highest BCUT2D eigenvalue weighted by Gasteiger charge is 2.13. The largest absolute Gasteiger partial charge is 0.484 e. The maximum absolute atomic E-state index is 12.6. The summed E-state index contributed by atoms with van der Waals surface area (Å²) < 4.78 is 5.54. The number of carbonyl (C=O) groups is 3. The highest BCUT2D eigenvalue weighted by molar-refractivity contribution is 6.05. The molecule has 32 heavy (non-hydrogen) atoms. The summed E-state index contributed by atoms with van der Waals surface area (Å²) in [5.74, 6) is -0.126. The van der Waals surface area contributed by atoms with Crippen molar-refractivity contribution in [1.82, 2.24) is 0 Å². The molecule has 0 unspecified atom stereocenters. The van der Waals surface area contributed by atoms with Crippen LogP contribution in [0.25, 0.3) is 0 Å². The molecule has 7 nitrogen and oxygen atoms in total. The molecule has 0 aliphatic carbocycles. The predicted molar refractivity (Wildman–Crippen MR) is 125 cm³/mol. The summed E-state index contributed by atoms with van der Waals surface area (Å²) in [6, 6.07) is 21.2. The monoisotopic (exact) mass is 431 g/mol. The SMILES string of the molecule is CC(=O)Nc1cccc(NC(=O)COc2ccc(N(C)C(=O)c3ccc(C)cc3)cc2)c1. The summed E-state index contributed by atoms with van der Waals surface area (Å²) in [4.78, 5) is 37.5. The first-order chi connectivity index (χ1) is 15.3. The van der Waals surface area contributed by atoms with Crippen LogP contribution in [0.5, 0.6) is 5.75 Å². The average molecular weight is 431 g/mol. The molecular weight excluding hydrogens is 406 g/mol. The predicted octanol–water partition coefficient (Wildman–Crippen LogP) is 4.25. The number of nitrogens with one attached hydrogen (secondary N) is 2. The highest BCUT2D eigenvalue weighted by Crippen LogP contribution is 2.21. The number of amides is 3. The topological polar surface area (TPSA) is 87.7 Å². The summed E-state index contributed by atoms with van der Waals surface area (Å²) in [5.41, 5.74) is 3.56. The Hall–Kier alpha value is -4.13. The molecule has 0 radical (unpaired) electrons. The maximum atomic E-state index is 12.6. The molecule has 0 saturated carbocycles. The standard InChI is InChI=1S/C25H25N3O4/c1-17-7-9-19(10-8-17)25(31)28(3)22-11-13-23(14-12-22)32-16-24(30)27-21-6-4-5-20(15-21)26-18(2)29/h4-15H,16H2,1-3H3,(H,26,29)(H,27,30). The van der Waals surface area contributed by atoms with Gasteiger partial charge in [0.05, 0.1) is 0 Å². The van der Waals surface area contributed by atoms with Gasteiger partial charge in [-0.2, -0.15) is 0 Å². The lowest BCUT2D eigenvalue weighted by atomic mass is 10.1. The number of benzene rings is 3. The summed E-state index contributed by atoms with van der Waals surface area (Å²) >= 11 is 0. The fourth-order valence-electron chi connectivity index (χ4n) is 3.00. The van der Waals surface area contributed by atoms with Gasteiger partial charge in [0.25, 0.3) is 11.8 Å². The summed E-state index contributed by atoms with van der Waals surface area (Å²) in [6.45, 7) is 3.21. The number of hydrogen-bond acceptors (Lipinski definition) is 4. The van der Waals surface area contributed by atoms with E-state index in [1.807, 2.05) is 19.1 Å². The van der Waals surface area contributed by atoms with E-state index in [1.165, 1.54) is 6.92 Å². The van der Waals surface area contributed by atoms with E-state index >= 15 is 0 Å². The first kappa shape index (κ1) is 22.6. The lowest BCUT2D eigenvalue weighted by Crippen LogP contribution is -2.26. The van der Waals surface area contributed by atoms with Crippen LogP contribution in [-0.4, -0.2) is 31.4 Å². The van der Waals surface area contributed by atoms with Crippen LogP contribution in [0.3, 0.4) is 0 Å². The smallest absolute Gasteiger partial charge is 0.262 e. The van der Waals surface area contributed by atoms with E-state index in [0.29, 0.717) is 28.4 Å². The normalized spacial score (nSPS) is 10.2. The summed E-state index contributed by atoms with van der Waals surface area (Å²) in [6.07, 6.45) is 0. The molecule has 0 heterocycles. The van der Waals surface area contributed by atoms with Crippen molar-refractivity contribution in [2.75, 3.05) is 29.2 Å². The Kier molecular flexibility index (Phi) is 7.23. The molecule has 0 aromatic heterocycles. The zero-order valence-corrected chi connectivity index (χ0v) is 18.2. The van der Waals surface area contributed by atoms with Gasteiger partial charge in [-0.1, -0.05) is 23.8 Å². The quantitative estimate of drug-likeness (QED) is 0.586. The van der Waals surface area contributed by atoms with Crippen LogP contribution in [0.2, 0.25) is 0 Å². The number of ether oxygens (including phenoxy) is 1. The van der Waals surface area contributed by atoms with Crippen molar-refractivity contribution in [3.05, 3.63) is 83.9 Å². The van der Waals surface area contributed by atoms with Gasteiger partial charge < -0.3 is 20.3 Å². The molecule has 0 atom stereocenters. The zero-order valence-electron chi connectivity index (χ0n) is 18.2. The van der Waals surface area contributed by atoms with Crippen LogP contribution in [0, 0.1) is 6.92 Å². The van der Waals surface area contributed by atoms with Crippen LogP contribution < -0.4 is 20.3 Å². The Morgan fingerprint density at radius 2 is 1.50 bits per heavy atom. The van der Waals surface area contributed by atoms with Gasteiger partial charge in [-0.25, -0.2) is 0 Å². The van der Waals surface area contributed by atoms with Gasteiger partial charge in [0.1, 0.15) is 5.75 Å². The molecule has 0 fully saturated rings. The Morgan fingerprint density at radius 1 is 0.875 bits per heavy atom. The zero-order chi connectivity index (χ0) is 23.1. The van der Waals surface area contributed by atoms with Crippen molar-refractivity contribution >= 4 is 34.8 Å². The maximum Gasteiger partial charge on any atom is 0.262 e. The molecule has 7 heteroatoms. The molecule has 0 bridgehead atoms. The Labute approximate surface area is 187 Å². The van der Waals surface area contributed by atoms with E-state index in [1.54, 1.807) is 72.6 Å². The van der Waals surface area contributed by atoms with Crippen LogP contribution in [-0.2, 0) is 9.59 Å². The van der Waals surface area contributed by atoms with Gasteiger partial charge in [0.15, 0.2) is 6.61 Å². The first-order valence-electron chi connectivity index (χ1n) is 10.1. The average Bonchev–Trinajstić information content (AvgIpc) is 2.77. The number of nitrogens with zero attached hydrogens (tertiary/aromatic N) is 1. The second-order valence-electron chi connectivity index (χ2n) is 7.32. The molecule has 3 aromatic carbocycles. The molecule has 3 rings (SSSR count). The lowest BCUT2D eigenvalue weighted by Gasteiger charge is -2.18. The van der Waals surface area contributed by atoms with Gasteiger partial charge in [-0.15, -0.1) is 0 Å². The number of aryl methyl sites for hydroxylation is 1. The number of anilines is 3. The Bertz CT molecular complexity index is 1110. The van der Waals surface area contributed by atoms with Crippen molar-refractivity contribution in [2.24, 2.45) is 0 Å². The Morgan fingerprint density at radius 3 is 2.12 bits per heavy atom. The first-order valence-corrected chi connectivity index (χ1v) is 10.1. The molecule has 164 valence electrons. The number of rotatable bonds is 7. The van der Waals surface area contributed by atoms with Gasteiger partial charge in [-0.05, 0) is 61.5 Å². The van der Waals surface area contributed by atoms with Crippen LogP contribution in [0.15, 0.2) is 72.8 Å². The second kappa shape index (κ2) is 10.3. The second-order valence-corrected chi connectivity index (χ2v) is 7.32. The molecule has 0 saturated heterocycles. The van der Waals surface area contributed by atoms with E-state index in [9.17, 15) is 14.4 Å². The summed E-state index contributed by atoms with van der Waals surface area (Å²) in [7, 11) is 1.71. The van der Waals surface area contributed by atoms with E-state index in [0.717, 1.165) is 5.56 Å². The molecule has 3 amide bonds. The van der Waals surface area contributed by atoms with Gasteiger partial charge in [-0.3, -0.25) is 14.4 Å². The van der Waals surface area contributed by atoms with Crippen molar-refractivity contribution in [2.45, 2.75) is 13.8 Å². The molecular formula is C25H25N3O4. The minimum absolute atomic E-state index is 0.112. The van der Waals surface area contributed by atoms with E-state index in [4.69, 9.17) is 4.74 Å². The Balaban J connectivity index is 1.54. The van der Waals surface area contributed by atoms with Crippen molar-refractivity contribution in [3.8, 4) is 5.75 Å². The third-order valence-electron chi connectivity index (χ3n) is 4.66. The summed E-state index contributed by atoms with van der Waals surface area (Å²) in [5, 5.41) is 5.39. The van der Waals surface area contributed by atoms with E-state index in [2.05, 4.69) is 10.6 Å². The van der Waals surface area contributed by atoms with Gasteiger partial charge >= 0.3 is 0 Å². The molecule has 3 aromatic rings. The minimum atomic E-state index is -0.333. The third-order valence-corrected chi connectivity index (χ3v) is 4.66. The van der Waals surface area contributed by atoms with Gasteiger partial charge in [0, 0.05) is 36.6 Å². The molecule has 0 aliphatic heterocycles. The van der Waals surface area contributed by atoms with Crippen molar-refractivity contribution in [3.63, 3.8) is 0 Å². The van der Waals surface area contributed by atoms with E-state index < -0.39 is 0 Å². The molecule has 2 N–H and O–H groups in total. The molecule has 0 spiro atoms. The fourth-order valence-corrected chi connectivity index (χ4v) is 3.00. The fraction of sp³-hybridized carbons (Fsp3) is 0.160. The number of hydrogen-bond donors (Lipinski definition) is 2. The lowest BCUT2D eigenvalue weighted by molar-refractivity contribution is -0.118. The van der Waals surface area contributed by atoms with Crippen molar-refractivity contribution < 1.29 is 19.1 Å². The van der Waals surface area contributed by atoms with Gasteiger partial charge in [0.2, 0.25) is 5.91 Å².